The van der Waals surface area contributed by atoms with Crippen molar-refractivity contribution < 1.29 is 65.1 Å². The van der Waals surface area contributed by atoms with E-state index in [0.717, 1.165) is 0 Å². The SMILES string of the molecule is CO[Si](C)(OC)O[Si](CC[Si](OC)(OC)OC)(OC)O[Si](C)(OC)O[Si](OC)(OC)O[Si](CCC#N)(OC)OC. The lowest BCUT2D eigenvalue weighted by Gasteiger charge is -2.42. The second-order valence-corrected chi connectivity index (χ2v) is 25.9. The van der Waals surface area contributed by atoms with Crippen LogP contribution in [0.1, 0.15) is 6.42 Å². The molecule has 0 spiro atoms. The van der Waals surface area contributed by atoms with Gasteiger partial charge in [-0.3, -0.25) is 0 Å². The standard InChI is InChI=1S/C18H47NO15Si6/c1-20-35(12,21-2)31-39(28-9,18-17-37(23-4,24-5)25-6)32-36(13,22-3)33-40(29-10,30-11)34-38(26-7,27-8)16-14-15-19/h14,16-18H2,1-13H3. The van der Waals surface area contributed by atoms with Crippen LogP contribution in [-0.4, -0.2) is 131 Å². The molecule has 16 nitrogen and oxygen atoms in total. The molecule has 2 atom stereocenters. The van der Waals surface area contributed by atoms with E-state index in [4.69, 9.17) is 70.4 Å². The highest BCUT2D eigenvalue weighted by Crippen LogP contribution is 2.33. The van der Waals surface area contributed by atoms with Gasteiger partial charge in [0.15, 0.2) is 0 Å². The highest BCUT2D eigenvalue weighted by atomic mass is 28.5. The van der Waals surface area contributed by atoms with Crippen LogP contribution in [0.15, 0.2) is 0 Å². The van der Waals surface area contributed by atoms with Gasteiger partial charge in [-0.15, -0.1) is 0 Å². The highest BCUT2D eigenvalue weighted by molar-refractivity contribution is 6.84. The summed E-state index contributed by atoms with van der Waals surface area (Å²) in [5, 5.41) is 9.13. The summed E-state index contributed by atoms with van der Waals surface area (Å²) in [4.78, 5) is 0. The molecule has 0 heterocycles. The van der Waals surface area contributed by atoms with E-state index in [9.17, 15) is 0 Å². The van der Waals surface area contributed by atoms with Gasteiger partial charge >= 0.3 is 53.1 Å². The van der Waals surface area contributed by atoms with Gasteiger partial charge in [0.1, 0.15) is 0 Å². The first-order valence-electron chi connectivity index (χ1n) is 12.0. The summed E-state index contributed by atoms with van der Waals surface area (Å²) in [5.74, 6) is 0. The van der Waals surface area contributed by atoms with Crippen molar-refractivity contribution in [2.24, 2.45) is 0 Å². The Morgan fingerprint density at radius 1 is 0.425 bits per heavy atom. The van der Waals surface area contributed by atoms with Crippen molar-refractivity contribution in [3.63, 3.8) is 0 Å². The second kappa shape index (κ2) is 18.1. The first kappa shape index (κ1) is 40.2. The number of nitriles is 1. The summed E-state index contributed by atoms with van der Waals surface area (Å²) in [6, 6.07) is 2.63. The Labute approximate surface area is 245 Å². The summed E-state index contributed by atoms with van der Waals surface area (Å²) in [6.07, 6.45) is 0.107. The molecular weight excluding hydrogens is 639 g/mol. The molecular formula is C18H47NO15Si6. The lowest BCUT2D eigenvalue weighted by Crippen LogP contribution is -2.68. The number of rotatable bonds is 24. The van der Waals surface area contributed by atoms with Gasteiger partial charge in [0, 0.05) is 116 Å². The molecule has 0 aromatic heterocycles. The lowest BCUT2D eigenvalue weighted by molar-refractivity contribution is 0.00938. The lowest BCUT2D eigenvalue weighted by atomic mass is 10.6. The molecule has 0 bridgehead atoms. The zero-order valence-electron chi connectivity index (χ0n) is 25.9. The van der Waals surface area contributed by atoms with Crippen molar-refractivity contribution in [2.45, 2.75) is 37.6 Å². The maximum Gasteiger partial charge on any atom is 0.664 e. The Morgan fingerprint density at radius 2 is 0.825 bits per heavy atom. The summed E-state index contributed by atoms with van der Waals surface area (Å²) >= 11 is 0. The molecule has 0 amide bonds. The molecule has 0 aromatic carbocycles. The average molecular weight is 686 g/mol. The van der Waals surface area contributed by atoms with Crippen LogP contribution in [0.4, 0.5) is 0 Å². The summed E-state index contributed by atoms with van der Waals surface area (Å²) in [5.41, 5.74) is 0. The second-order valence-electron chi connectivity index (χ2n) is 8.09. The molecule has 0 fully saturated rings. The first-order chi connectivity index (χ1) is 18.8. The molecule has 2 unspecified atom stereocenters. The van der Waals surface area contributed by atoms with Crippen LogP contribution in [-0.2, 0) is 65.1 Å². The maximum absolute atomic E-state index is 9.13. The van der Waals surface area contributed by atoms with Gasteiger partial charge in [-0.05, 0) is 0 Å². The zero-order chi connectivity index (χ0) is 31.1. The molecule has 0 N–H and O–H groups in total. The fourth-order valence-corrected chi connectivity index (χ4v) is 23.1. The van der Waals surface area contributed by atoms with Crippen molar-refractivity contribution in [1.82, 2.24) is 0 Å². The minimum atomic E-state index is -4.09. The Bertz CT molecular complexity index is 745. The van der Waals surface area contributed by atoms with E-state index in [1.165, 1.54) is 78.2 Å². The van der Waals surface area contributed by atoms with Gasteiger partial charge in [0.05, 0.1) is 6.07 Å². The monoisotopic (exact) mass is 685 g/mol. The van der Waals surface area contributed by atoms with Gasteiger partial charge < -0.3 is 65.1 Å². The molecule has 22 heteroatoms. The van der Waals surface area contributed by atoms with Crippen LogP contribution in [0.25, 0.3) is 0 Å². The normalized spacial score (nSPS) is 16.4. The smallest absolute Gasteiger partial charge is 0.378 e. The Balaban J connectivity index is 6.63. The van der Waals surface area contributed by atoms with Crippen molar-refractivity contribution >= 4 is 53.1 Å². The molecule has 0 saturated carbocycles. The van der Waals surface area contributed by atoms with Crippen LogP contribution in [0.5, 0.6) is 0 Å². The van der Waals surface area contributed by atoms with Gasteiger partial charge in [-0.2, -0.15) is 5.26 Å². The van der Waals surface area contributed by atoms with Crippen molar-refractivity contribution in [3.8, 4) is 6.07 Å². The van der Waals surface area contributed by atoms with E-state index in [1.54, 1.807) is 13.1 Å². The molecule has 0 rings (SSSR count). The van der Waals surface area contributed by atoms with E-state index in [1.807, 2.05) is 0 Å². The number of hydrogen-bond acceptors (Lipinski definition) is 16. The molecule has 0 aliphatic rings. The van der Waals surface area contributed by atoms with Crippen molar-refractivity contribution in [2.75, 3.05) is 78.2 Å². The third-order valence-corrected chi connectivity index (χ3v) is 26.3. The quantitative estimate of drug-likeness (QED) is 0.134. The van der Waals surface area contributed by atoms with Gasteiger partial charge in [-0.25, -0.2) is 0 Å². The molecule has 0 aliphatic heterocycles. The van der Waals surface area contributed by atoms with E-state index < -0.39 is 53.1 Å². The third-order valence-electron chi connectivity index (χ3n) is 6.03. The van der Waals surface area contributed by atoms with Crippen LogP contribution in [0.2, 0.25) is 31.2 Å². The first-order valence-corrected chi connectivity index (χ1v) is 23.9. The molecule has 0 saturated heterocycles. The predicted octanol–water partition coefficient (Wildman–Crippen LogP) is 1.47. The average Bonchev–Trinajstić information content (AvgIpc) is 2.99. The Hall–Kier alpha value is 0.191. The highest BCUT2D eigenvalue weighted by Gasteiger charge is 2.63. The van der Waals surface area contributed by atoms with E-state index in [-0.39, 0.29) is 24.6 Å². The Morgan fingerprint density at radius 3 is 1.18 bits per heavy atom. The fraction of sp³-hybridized carbons (Fsp3) is 0.944. The van der Waals surface area contributed by atoms with Crippen LogP contribution in [0.3, 0.4) is 0 Å². The molecule has 0 aliphatic carbocycles. The number of nitrogens with zero attached hydrogens (tertiary/aromatic N) is 1. The largest absolute Gasteiger partial charge is 0.664 e. The molecule has 0 radical (unpaired) electrons. The van der Waals surface area contributed by atoms with Gasteiger partial charge in [0.2, 0.25) is 0 Å². The zero-order valence-corrected chi connectivity index (χ0v) is 31.9. The van der Waals surface area contributed by atoms with Crippen LogP contribution in [0, 0.1) is 11.3 Å². The topological polar surface area (TPSA) is 162 Å². The van der Waals surface area contributed by atoms with E-state index >= 15 is 0 Å². The van der Waals surface area contributed by atoms with Crippen LogP contribution >= 0.6 is 0 Å². The van der Waals surface area contributed by atoms with Crippen molar-refractivity contribution in [3.05, 3.63) is 0 Å². The van der Waals surface area contributed by atoms with Crippen molar-refractivity contribution in [1.29, 1.82) is 5.26 Å². The van der Waals surface area contributed by atoms with E-state index in [0.29, 0.717) is 0 Å². The fourth-order valence-electron chi connectivity index (χ4n) is 3.33. The van der Waals surface area contributed by atoms with Gasteiger partial charge in [0.25, 0.3) is 0 Å². The van der Waals surface area contributed by atoms with Crippen LogP contribution < -0.4 is 0 Å². The van der Waals surface area contributed by atoms with E-state index in [2.05, 4.69) is 6.07 Å². The van der Waals surface area contributed by atoms with Gasteiger partial charge in [-0.1, -0.05) is 0 Å². The summed E-state index contributed by atoms with van der Waals surface area (Å²) < 4.78 is 87.7. The summed E-state index contributed by atoms with van der Waals surface area (Å²) in [7, 11) is -5.74. The number of hydrogen-bond donors (Lipinski definition) is 0. The predicted molar refractivity (Wildman–Crippen MR) is 152 cm³/mol. The Kier molecular flexibility index (Phi) is 18.2. The minimum absolute atomic E-state index is 0.107. The molecule has 40 heavy (non-hydrogen) atoms. The molecule has 0 aromatic rings. The maximum atomic E-state index is 9.13. The molecule has 238 valence electrons. The summed E-state index contributed by atoms with van der Waals surface area (Å²) in [6.45, 7) is 3.29. The third kappa shape index (κ3) is 11.0. The minimum Gasteiger partial charge on any atom is -0.378 e.